The van der Waals surface area contributed by atoms with Gasteiger partial charge in [0.05, 0.1) is 0 Å². The van der Waals surface area contributed by atoms with Gasteiger partial charge in [-0.05, 0) is 48.9 Å². The van der Waals surface area contributed by atoms with E-state index in [9.17, 15) is 9.59 Å². The van der Waals surface area contributed by atoms with Crippen molar-refractivity contribution in [2.45, 2.75) is 38.6 Å². The van der Waals surface area contributed by atoms with E-state index in [0.29, 0.717) is 12.2 Å². The molecule has 1 aromatic carbocycles. The summed E-state index contributed by atoms with van der Waals surface area (Å²) < 4.78 is 5.41. The molecule has 0 spiro atoms. The molecule has 0 radical (unpaired) electrons. The molecule has 5 nitrogen and oxygen atoms in total. The normalized spacial score (nSPS) is 14.4. The van der Waals surface area contributed by atoms with Crippen molar-refractivity contribution < 1.29 is 19.4 Å². The Kier molecular flexibility index (Phi) is 4.61. The average Bonchev–Trinajstić information content (AvgIpc) is 2.89. The monoisotopic (exact) mass is 277 g/mol. The van der Waals surface area contributed by atoms with Gasteiger partial charge in [-0.15, -0.1) is 0 Å². The van der Waals surface area contributed by atoms with Gasteiger partial charge in [0, 0.05) is 0 Å². The van der Waals surface area contributed by atoms with Crippen LogP contribution in [0.15, 0.2) is 18.2 Å². The maximum Gasteiger partial charge on any atom is 0.326 e. The van der Waals surface area contributed by atoms with Crippen LogP contribution in [0.1, 0.15) is 30.9 Å². The van der Waals surface area contributed by atoms with E-state index in [1.165, 1.54) is 11.1 Å². The number of amides is 1. The minimum Gasteiger partial charge on any atom is -0.484 e. The first kappa shape index (κ1) is 14.4. The number of carboxylic acids is 1. The van der Waals surface area contributed by atoms with Crippen LogP contribution in [0.4, 0.5) is 0 Å². The van der Waals surface area contributed by atoms with Gasteiger partial charge in [0.25, 0.3) is 5.91 Å². The van der Waals surface area contributed by atoms with Crippen LogP contribution in [0.3, 0.4) is 0 Å². The standard InChI is InChI=1S/C15H19NO4/c1-2-13(15(18)19)16-14(17)9-20-12-7-6-10-4-3-5-11(10)8-12/h6-8,13H,2-5,9H2,1H3,(H,16,17)(H,18,19)/t13-/m1/s1. The number of hydrogen-bond acceptors (Lipinski definition) is 3. The number of fused-ring (bicyclic) bond motifs is 1. The molecule has 2 rings (SSSR count). The van der Waals surface area contributed by atoms with E-state index in [-0.39, 0.29) is 6.61 Å². The second-order valence-electron chi connectivity index (χ2n) is 4.94. The first-order valence-electron chi connectivity index (χ1n) is 6.87. The molecule has 0 aromatic heterocycles. The van der Waals surface area contributed by atoms with Crippen LogP contribution in [0, 0.1) is 0 Å². The first-order valence-corrected chi connectivity index (χ1v) is 6.87. The molecule has 1 amide bonds. The molecule has 0 heterocycles. The summed E-state index contributed by atoms with van der Waals surface area (Å²) in [5, 5.41) is 11.3. The van der Waals surface area contributed by atoms with Gasteiger partial charge in [0.1, 0.15) is 11.8 Å². The zero-order valence-electron chi connectivity index (χ0n) is 11.5. The Labute approximate surface area is 117 Å². The van der Waals surface area contributed by atoms with E-state index in [1.54, 1.807) is 6.92 Å². The fourth-order valence-corrected chi connectivity index (χ4v) is 2.36. The Morgan fingerprint density at radius 3 is 2.80 bits per heavy atom. The van der Waals surface area contributed by atoms with Crippen LogP contribution in [-0.2, 0) is 22.4 Å². The summed E-state index contributed by atoms with van der Waals surface area (Å²) in [6.45, 7) is 1.54. The Bertz CT molecular complexity index is 513. The fraction of sp³-hybridized carbons (Fsp3) is 0.467. The largest absolute Gasteiger partial charge is 0.484 e. The number of hydrogen-bond donors (Lipinski definition) is 2. The summed E-state index contributed by atoms with van der Waals surface area (Å²) >= 11 is 0. The smallest absolute Gasteiger partial charge is 0.326 e. The topological polar surface area (TPSA) is 75.6 Å². The molecule has 0 saturated carbocycles. The third kappa shape index (κ3) is 3.50. The van der Waals surface area contributed by atoms with Gasteiger partial charge in [-0.25, -0.2) is 4.79 Å². The first-order chi connectivity index (χ1) is 9.60. The number of carbonyl (C=O) groups excluding carboxylic acids is 1. The molecule has 1 aliphatic rings. The van der Waals surface area contributed by atoms with Crippen molar-refractivity contribution in [3.8, 4) is 5.75 Å². The Morgan fingerprint density at radius 2 is 2.10 bits per heavy atom. The second-order valence-corrected chi connectivity index (χ2v) is 4.94. The van der Waals surface area contributed by atoms with Crippen molar-refractivity contribution in [1.29, 1.82) is 0 Å². The number of benzene rings is 1. The number of nitrogens with one attached hydrogen (secondary N) is 1. The minimum atomic E-state index is -1.03. The van der Waals surface area contributed by atoms with Crippen LogP contribution in [0.25, 0.3) is 0 Å². The lowest BCUT2D eigenvalue weighted by Crippen LogP contribution is -2.42. The van der Waals surface area contributed by atoms with Crippen molar-refractivity contribution >= 4 is 11.9 Å². The van der Waals surface area contributed by atoms with Gasteiger partial charge in [-0.2, -0.15) is 0 Å². The molecule has 1 aromatic rings. The Hall–Kier alpha value is -2.04. The lowest BCUT2D eigenvalue weighted by molar-refractivity contribution is -0.142. The number of ether oxygens (including phenoxy) is 1. The summed E-state index contributed by atoms with van der Waals surface area (Å²) in [4.78, 5) is 22.4. The van der Waals surface area contributed by atoms with Gasteiger partial charge in [0.2, 0.25) is 0 Å². The number of rotatable bonds is 6. The van der Waals surface area contributed by atoms with Crippen molar-refractivity contribution in [3.05, 3.63) is 29.3 Å². The average molecular weight is 277 g/mol. The molecular formula is C15H19NO4. The molecule has 0 aliphatic heterocycles. The molecule has 5 heteroatoms. The predicted octanol–water partition coefficient (Wildman–Crippen LogP) is 1.53. The van der Waals surface area contributed by atoms with E-state index < -0.39 is 17.9 Å². The fourth-order valence-electron chi connectivity index (χ4n) is 2.36. The lowest BCUT2D eigenvalue weighted by Gasteiger charge is -2.13. The number of carbonyl (C=O) groups is 2. The molecular weight excluding hydrogens is 258 g/mol. The number of aliphatic carboxylic acids is 1. The van der Waals surface area contributed by atoms with E-state index in [2.05, 4.69) is 5.32 Å². The van der Waals surface area contributed by atoms with Gasteiger partial charge < -0.3 is 15.2 Å². The van der Waals surface area contributed by atoms with E-state index >= 15 is 0 Å². The van der Waals surface area contributed by atoms with E-state index in [0.717, 1.165) is 19.3 Å². The molecule has 2 N–H and O–H groups in total. The van der Waals surface area contributed by atoms with Crippen LogP contribution in [0.2, 0.25) is 0 Å². The number of carboxylic acid groups (broad SMARTS) is 1. The molecule has 0 fully saturated rings. The van der Waals surface area contributed by atoms with E-state index in [4.69, 9.17) is 9.84 Å². The molecule has 0 bridgehead atoms. The SMILES string of the molecule is CC[C@@H](NC(=O)COc1ccc2c(c1)CCC2)C(=O)O. The zero-order chi connectivity index (χ0) is 14.5. The highest BCUT2D eigenvalue weighted by atomic mass is 16.5. The third-order valence-electron chi connectivity index (χ3n) is 3.48. The number of aryl methyl sites for hydroxylation is 2. The lowest BCUT2D eigenvalue weighted by atomic mass is 10.1. The van der Waals surface area contributed by atoms with Crippen LogP contribution < -0.4 is 10.1 Å². The predicted molar refractivity (Wildman–Crippen MR) is 73.8 cm³/mol. The molecule has 0 unspecified atom stereocenters. The second kappa shape index (κ2) is 6.41. The van der Waals surface area contributed by atoms with Gasteiger partial charge in [-0.1, -0.05) is 13.0 Å². The summed E-state index contributed by atoms with van der Waals surface area (Å²) in [7, 11) is 0. The molecule has 1 aliphatic carbocycles. The molecule has 20 heavy (non-hydrogen) atoms. The highest BCUT2D eigenvalue weighted by Gasteiger charge is 2.18. The van der Waals surface area contributed by atoms with Crippen molar-refractivity contribution in [3.63, 3.8) is 0 Å². The highest BCUT2D eigenvalue weighted by molar-refractivity contribution is 5.84. The molecule has 0 saturated heterocycles. The summed E-state index contributed by atoms with van der Waals surface area (Å²) in [6, 6.07) is 4.99. The van der Waals surface area contributed by atoms with Crippen LogP contribution in [0.5, 0.6) is 5.75 Å². The van der Waals surface area contributed by atoms with Crippen LogP contribution in [-0.4, -0.2) is 29.6 Å². The van der Waals surface area contributed by atoms with E-state index in [1.807, 2.05) is 18.2 Å². The van der Waals surface area contributed by atoms with Crippen molar-refractivity contribution in [1.82, 2.24) is 5.32 Å². The highest BCUT2D eigenvalue weighted by Crippen LogP contribution is 2.25. The quantitative estimate of drug-likeness (QED) is 0.827. The Balaban J connectivity index is 1.85. The molecule has 1 atom stereocenters. The maximum absolute atomic E-state index is 11.6. The maximum atomic E-state index is 11.6. The zero-order valence-corrected chi connectivity index (χ0v) is 11.5. The summed E-state index contributed by atoms with van der Waals surface area (Å²) in [5.74, 6) is -0.790. The third-order valence-corrected chi connectivity index (χ3v) is 3.48. The summed E-state index contributed by atoms with van der Waals surface area (Å²) in [6.07, 6.45) is 3.67. The van der Waals surface area contributed by atoms with Gasteiger partial charge in [-0.3, -0.25) is 4.79 Å². The minimum absolute atomic E-state index is 0.164. The Morgan fingerprint density at radius 1 is 1.35 bits per heavy atom. The summed E-state index contributed by atoms with van der Waals surface area (Å²) in [5.41, 5.74) is 2.62. The van der Waals surface area contributed by atoms with Crippen molar-refractivity contribution in [2.75, 3.05) is 6.61 Å². The van der Waals surface area contributed by atoms with Crippen LogP contribution >= 0.6 is 0 Å². The van der Waals surface area contributed by atoms with Gasteiger partial charge in [0.15, 0.2) is 6.61 Å². The molecule has 108 valence electrons. The van der Waals surface area contributed by atoms with Crippen molar-refractivity contribution in [2.24, 2.45) is 0 Å². The van der Waals surface area contributed by atoms with Gasteiger partial charge >= 0.3 is 5.97 Å².